The number of ether oxygens (including phenoxy) is 1. The van der Waals surface area contributed by atoms with Crippen LogP contribution < -0.4 is 15.0 Å². The Balaban J connectivity index is 1.21. The van der Waals surface area contributed by atoms with Gasteiger partial charge in [0.05, 0.1) is 24.3 Å². The van der Waals surface area contributed by atoms with Crippen molar-refractivity contribution in [3.8, 4) is 6.01 Å². The molecule has 1 aliphatic heterocycles. The summed E-state index contributed by atoms with van der Waals surface area (Å²) in [5.74, 6) is 0.637. The molecule has 3 aromatic heterocycles. The lowest BCUT2D eigenvalue weighted by Crippen LogP contribution is -2.36. The van der Waals surface area contributed by atoms with E-state index in [0.29, 0.717) is 46.8 Å². The summed E-state index contributed by atoms with van der Waals surface area (Å²) in [6, 6.07) is 10.1. The minimum absolute atomic E-state index is 0.132. The summed E-state index contributed by atoms with van der Waals surface area (Å²) < 4.78 is 36.9. The molecule has 4 heterocycles. The van der Waals surface area contributed by atoms with Gasteiger partial charge in [-0.2, -0.15) is 4.98 Å². The predicted octanol–water partition coefficient (Wildman–Crippen LogP) is 4.06. The molecule has 0 radical (unpaired) electrons. The standard InChI is InChI=1S/C26H26N8O4S2/c1-27-21-13-28-23-20(9-10-34(23)40(36,37)19-7-5-4-6-8-19)22(21)32(2)18-11-16-14-33(15-17(16)12-18)26(35)30-25-29-24(38-3)31-39-25/h4-10,13,16-18H,11-12,14-15H2,2-3H3,(H,29,30,31,35)/t16-,17+,18?. The van der Waals surface area contributed by atoms with E-state index in [1.165, 1.54) is 23.5 Å². The molecule has 2 fully saturated rings. The van der Waals surface area contributed by atoms with Gasteiger partial charge in [-0.05, 0) is 42.9 Å². The predicted molar refractivity (Wildman–Crippen MR) is 150 cm³/mol. The lowest BCUT2D eigenvalue weighted by atomic mass is 10.0. The molecule has 12 nitrogen and oxygen atoms in total. The molecule has 1 N–H and O–H groups in total. The maximum Gasteiger partial charge on any atom is 0.329 e. The number of rotatable bonds is 6. The van der Waals surface area contributed by atoms with Crippen molar-refractivity contribution in [2.45, 2.75) is 23.8 Å². The summed E-state index contributed by atoms with van der Waals surface area (Å²) >= 11 is 1.07. The van der Waals surface area contributed by atoms with Gasteiger partial charge in [-0.3, -0.25) is 5.32 Å². The van der Waals surface area contributed by atoms with Crippen molar-refractivity contribution in [3.63, 3.8) is 0 Å². The number of likely N-dealkylation sites (tertiary alicyclic amines) is 1. The largest absolute Gasteiger partial charge is 0.466 e. The number of aromatic nitrogens is 4. The molecule has 1 saturated carbocycles. The van der Waals surface area contributed by atoms with E-state index in [0.717, 1.165) is 24.4 Å². The molecule has 3 atom stereocenters. The molecule has 6 rings (SSSR count). The average Bonchev–Trinajstić information content (AvgIpc) is 3.75. The van der Waals surface area contributed by atoms with Crippen LogP contribution in [-0.2, 0) is 10.0 Å². The highest BCUT2D eigenvalue weighted by atomic mass is 32.2. The lowest BCUT2D eigenvalue weighted by Gasteiger charge is -2.30. The van der Waals surface area contributed by atoms with Gasteiger partial charge in [0.2, 0.25) is 10.8 Å². The van der Waals surface area contributed by atoms with Crippen LogP contribution >= 0.6 is 11.5 Å². The monoisotopic (exact) mass is 578 g/mol. The van der Waals surface area contributed by atoms with Gasteiger partial charge in [0.15, 0.2) is 5.65 Å². The van der Waals surface area contributed by atoms with Crippen LogP contribution in [0.2, 0.25) is 0 Å². The third kappa shape index (κ3) is 4.40. The Labute approximate surface area is 235 Å². The first-order valence-corrected chi connectivity index (χ1v) is 14.9. The van der Waals surface area contributed by atoms with E-state index in [4.69, 9.17) is 11.3 Å². The van der Waals surface area contributed by atoms with Crippen molar-refractivity contribution in [3.05, 3.63) is 60.2 Å². The van der Waals surface area contributed by atoms with Crippen LogP contribution in [0.5, 0.6) is 6.01 Å². The van der Waals surface area contributed by atoms with E-state index < -0.39 is 10.0 Å². The van der Waals surface area contributed by atoms with Crippen molar-refractivity contribution in [2.24, 2.45) is 11.8 Å². The minimum atomic E-state index is -3.85. The zero-order chi connectivity index (χ0) is 28.0. The van der Waals surface area contributed by atoms with E-state index in [1.54, 1.807) is 36.4 Å². The van der Waals surface area contributed by atoms with Gasteiger partial charge in [0.25, 0.3) is 10.0 Å². The van der Waals surface area contributed by atoms with E-state index >= 15 is 0 Å². The van der Waals surface area contributed by atoms with Gasteiger partial charge < -0.3 is 14.5 Å². The fraction of sp³-hybridized carbons (Fsp3) is 0.346. The number of methoxy groups -OCH3 is 1. The number of amides is 2. The van der Waals surface area contributed by atoms with Gasteiger partial charge in [0, 0.05) is 55.5 Å². The molecule has 1 unspecified atom stereocenters. The number of pyridine rings is 1. The minimum Gasteiger partial charge on any atom is -0.466 e. The molecule has 40 heavy (non-hydrogen) atoms. The number of fused-ring (bicyclic) bond motifs is 2. The normalized spacial score (nSPS) is 20.3. The second kappa shape index (κ2) is 10.1. The number of carbonyl (C=O) groups is 1. The third-order valence-corrected chi connectivity index (χ3v) is 10.1. The molecular weight excluding hydrogens is 552 g/mol. The van der Waals surface area contributed by atoms with Gasteiger partial charge in [-0.15, -0.1) is 4.37 Å². The van der Waals surface area contributed by atoms with Crippen LogP contribution in [0.4, 0.5) is 21.3 Å². The Morgan fingerprint density at radius 2 is 1.93 bits per heavy atom. The smallest absolute Gasteiger partial charge is 0.329 e. The second-order valence-corrected chi connectivity index (χ2v) is 12.5. The maximum atomic E-state index is 13.3. The highest BCUT2D eigenvalue weighted by Gasteiger charge is 2.44. The van der Waals surface area contributed by atoms with Crippen molar-refractivity contribution in [2.75, 3.05) is 37.5 Å². The van der Waals surface area contributed by atoms with Crippen molar-refractivity contribution < 1.29 is 17.9 Å². The van der Waals surface area contributed by atoms with E-state index in [-0.39, 0.29) is 28.6 Å². The third-order valence-electron chi connectivity index (χ3n) is 7.77. The fourth-order valence-electron chi connectivity index (χ4n) is 5.84. The number of carbonyl (C=O) groups excluding carboxylic acids is 1. The number of nitrogens with one attached hydrogen (secondary N) is 1. The molecule has 14 heteroatoms. The maximum absolute atomic E-state index is 13.3. The number of urea groups is 1. The summed E-state index contributed by atoms with van der Waals surface area (Å²) in [7, 11) is -0.428. The van der Waals surface area contributed by atoms with Gasteiger partial charge in [-0.25, -0.2) is 27.0 Å². The molecule has 1 aliphatic carbocycles. The van der Waals surface area contributed by atoms with Gasteiger partial charge in [-0.1, -0.05) is 18.2 Å². The Morgan fingerprint density at radius 1 is 1.20 bits per heavy atom. The van der Waals surface area contributed by atoms with Crippen molar-refractivity contribution in [1.29, 1.82) is 0 Å². The highest BCUT2D eigenvalue weighted by molar-refractivity contribution is 7.90. The molecule has 1 aromatic carbocycles. The Morgan fingerprint density at radius 3 is 2.58 bits per heavy atom. The van der Waals surface area contributed by atoms with Crippen LogP contribution in [-0.4, -0.2) is 71.0 Å². The first-order valence-electron chi connectivity index (χ1n) is 12.6. The SMILES string of the molecule is [C-]#[N+]c1cnc2c(ccn2S(=O)(=O)c2ccccc2)c1N(C)C1C[C@@H]2CN(C(=O)Nc3nc(OC)ns3)C[C@@H]2C1. The first kappa shape index (κ1) is 26.0. The Bertz CT molecular complexity index is 1720. The van der Waals surface area contributed by atoms with Crippen LogP contribution in [0, 0.1) is 18.4 Å². The number of hydrogen-bond donors (Lipinski definition) is 1. The highest BCUT2D eigenvalue weighted by Crippen LogP contribution is 2.44. The topological polar surface area (TPSA) is 127 Å². The molecular formula is C26H26N8O4S2. The molecule has 4 aromatic rings. The van der Waals surface area contributed by atoms with Crippen LogP contribution in [0.3, 0.4) is 0 Å². The molecule has 0 spiro atoms. The summed E-state index contributed by atoms with van der Waals surface area (Å²) in [6.45, 7) is 9.02. The molecule has 206 valence electrons. The summed E-state index contributed by atoms with van der Waals surface area (Å²) in [5, 5.41) is 3.81. The number of benzene rings is 1. The van der Waals surface area contributed by atoms with E-state index in [2.05, 4.69) is 29.4 Å². The fourth-order valence-corrected chi connectivity index (χ4v) is 7.69. The number of hydrogen-bond acceptors (Lipinski definition) is 9. The quantitative estimate of drug-likeness (QED) is 0.340. The second-order valence-electron chi connectivity index (χ2n) is 9.95. The van der Waals surface area contributed by atoms with Crippen LogP contribution in [0.15, 0.2) is 53.7 Å². The summed E-state index contributed by atoms with van der Waals surface area (Å²) in [4.78, 5) is 29.1. The Hall–Kier alpha value is -4.22. The summed E-state index contributed by atoms with van der Waals surface area (Å²) in [6.07, 6.45) is 4.64. The lowest BCUT2D eigenvalue weighted by molar-refractivity contribution is 0.218. The van der Waals surface area contributed by atoms with E-state index in [1.807, 2.05) is 11.9 Å². The van der Waals surface area contributed by atoms with Crippen molar-refractivity contribution in [1.82, 2.24) is 23.2 Å². The zero-order valence-electron chi connectivity index (χ0n) is 21.8. The van der Waals surface area contributed by atoms with Crippen LogP contribution in [0.25, 0.3) is 15.9 Å². The zero-order valence-corrected chi connectivity index (χ0v) is 23.4. The summed E-state index contributed by atoms with van der Waals surface area (Å²) in [5.41, 5.74) is 1.33. The van der Waals surface area contributed by atoms with Crippen LogP contribution in [0.1, 0.15) is 12.8 Å². The molecule has 1 saturated heterocycles. The first-order chi connectivity index (χ1) is 19.3. The van der Waals surface area contributed by atoms with Gasteiger partial charge in [0.1, 0.15) is 0 Å². The molecule has 2 aliphatic rings. The van der Waals surface area contributed by atoms with Gasteiger partial charge >= 0.3 is 12.0 Å². The number of nitrogens with zero attached hydrogens (tertiary/aromatic N) is 7. The number of anilines is 2. The Kier molecular flexibility index (Phi) is 6.55. The molecule has 0 bridgehead atoms. The van der Waals surface area contributed by atoms with E-state index in [9.17, 15) is 13.2 Å². The van der Waals surface area contributed by atoms with Crippen molar-refractivity contribution >= 4 is 55.1 Å². The average molecular weight is 579 g/mol. The molecule has 2 amide bonds.